The zero-order chi connectivity index (χ0) is 18.5. The number of para-hydroxylation sites is 1. The Morgan fingerprint density at radius 3 is 2.54 bits per heavy atom. The molecule has 1 heterocycles. The molecule has 6 nitrogen and oxygen atoms in total. The number of carbonyl (C=O) groups excluding carboxylic acids is 2. The molecule has 1 aromatic heterocycles. The number of nitrogens with one attached hydrogen (secondary N) is 1. The van der Waals surface area contributed by atoms with Crippen LogP contribution < -0.4 is 5.32 Å². The second kappa shape index (κ2) is 7.74. The van der Waals surface area contributed by atoms with Crippen LogP contribution in [0.1, 0.15) is 35.2 Å². The summed E-state index contributed by atoms with van der Waals surface area (Å²) in [6.45, 7) is 3.48. The largest absolute Gasteiger partial charge is 0.339 e. The highest BCUT2D eigenvalue weighted by molar-refractivity contribution is 6.03. The molecule has 1 N–H and O–H groups in total. The first kappa shape index (κ1) is 17.5. The fourth-order valence-corrected chi connectivity index (χ4v) is 2.51. The SMILES string of the molecule is CC(=O)c1ccccc1NC(=O)CCc1nc(-c2ccc(C)cc2)no1. The first-order chi connectivity index (χ1) is 12.5. The van der Waals surface area contributed by atoms with Gasteiger partial charge in [0.2, 0.25) is 17.6 Å². The maximum absolute atomic E-state index is 12.2. The molecular weight excluding hydrogens is 330 g/mol. The molecule has 0 radical (unpaired) electrons. The van der Waals surface area contributed by atoms with E-state index in [1.165, 1.54) is 6.92 Å². The fraction of sp³-hybridized carbons (Fsp3) is 0.200. The molecular formula is C20H19N3O3. The lowest BCUT2D eigenvalue weighted by Crippen LogP contribution is -2.14. The van der Waals surface area contributed by atoms with Crippen LogP contribution in [-0.2, 0) is 11.2 Å². The van der Waals surface area contributed by atoms with Gasteiger partial charge >= 0.3 is 0 Å². The van der Waals surface area contributed by atoms with Crippen molar-refractivity contribution in [1.82, 2.24) is 10.1 Å². The minimum Gasteiger partial charge on any atom is -0.339 e. The van der Waals surface area contributed by atoms with Gasteiger partial charge in [0.1, 0.15) is 0 Å². The second-order valence-corrected chi connectivity index (χ2v) is 6.03. The Labute approximate surface area is 151 Å². The lowest BCUT2D eigenvalue weighted by Gasteiger charge is -2.08. The molecule has 0 fully saturated rings. The maximum Gasteiger partial charge on any atom is 0.227 e. The molecule has 0 aliphatic carbocycles. The first-order valence-electron chi connectivity index (χ1n) is 8.32. The van der Waals surface area contributed by atoms with E-state index in [-0.39, 0.29) is 18.1 Å². The zero-order valence-corrected chi connectivity index (χ0v) is 14.7. The Morgan fingerprint density at radius 2 is 1.81 bits per heavy atom. The molecule has 0 saturated carbocycles. The van der Waals surface area contributed by atoms with Gasteiger partial charge in [-0.2, -0.15) is 4.98 Å². The van der Waals surface area contributed by atoms with E-state index >= 15 is 0 Å². The van der Waals surface area contributed by atoms with Gasteiger partial charge in [-0.25, -0.2) is 0 Å². The number of Topliss-reactive ketones (excluding diaryl/α,β-unsaturated/α-hetero) is 1. The Morgan fingerprint density at radius 1 is 1.08 bits per heavy atom. The van der Waals surface area contributed by atoms with E-state index in [0.717, 1.165) is 11.1 Å². The van der Waals surface area contributed by atoms with Crippen molar-refractivity contribution in [3.05, 3.63) is 65.5 Å². The summed E-state index contributed by atoms with van der Waals surface area (Å²) in [4.78, 5) is 28.1. The van der Waals surface area contributed by atoms with Crippen LogP contribution in [0.15, 0.2) is 53.1 Å². The number of ketones is 1. The van der Waals surface area contributed by atoms with Crippen molar-refractivity contribution in [2.75, 3.05) is 5.32 Å². The molecule has 0 bridgehead atoms. The number of aryl methyl sites for hydroxylation is 2. The zero-order valence-electron chi connectivity index (χ0n) is 14.7. The third-order valence-electron chi connectivity index (χ3n) is 3.92. The van der Waals surface area contributed by atoms with E-state index in [0.29, 0.717) is 29.4 Å². The number of anilines is 1. The van der Waals surface area contributed by atoms with Gasteiger partial charge in [-0.05, 0) is 26.0 Å². The molecule has 6 heteroatoms. The predicted octanol–water partition coefficient (Wildman–Crippen LogP) is 3.82. The van der Waals surface area contributed by atoms with Gasteiger partial charge in [0.25, 0.3) is 0 Å². The Hall–Kier alpha value is -3.28. The van der Waals surface area contributed by atoms with Gasteiger partial charge in [0.05, 0.1) is 5.69 Å². The Balaban J connectivity index is 1.60. The van der Waals surface area contributed by atoms with E-state index in [4.69, 9.17) is 4.52 Å². The molecule has 0 spiro atoms. The summed E-state index contributed by atoms with van der Waals surface area (Å²) in [5.41, 5.74) is 3.02. The molecule has 3 rings (SSSR count). The Kier molecular flexibility index (Phi) is 5.22. The molecule has 3 aromatic rings. The van der Waals surface area contributed by atoms with Gasteiger partial charge < -0.3 is 9.84 Å². The van der Waals surface area contributed by atoms with Crippen LogP contribution in [0.25, 0.3) is 11.4 Å². The summed E-state index contributed by atoms with van der Waals surface area (Å²) in [7, 11) is 0. The predicted molar refractivity (Wildman–Crippen MR) is 97.9 cm³/mol. The van der Waals surface area contributed by atoms with Crippen LogP contribution in [0.2, 0.25) is 0 Å². The minimum absolute atomic E-state index is 0.0967. The van der Waals surface area contributed by atoms with Crippen molar-refractivity contribution < 1.29 is 14.1 Å². The number of hydrogen-bond donors (Lipinski definition) is 1. The third-order valence-corrected chi connectivity index (χ3v) is 3.92. The summed E-state index contributed by atoms with van der Waals surface area (Å²) in [6, 6.07) is 14.7. The van der Waals surface area contributed by atoms with Crippen LogP contribution in [0, 0.1) is 6.92 Å². The number of aromatic nitrogens is 2. The van der Waals surface area contributed by atoms with Crippen LogP contribution in [-0.4, -0.2) is 21.8 Å². The summed E-state index contributed by atoms with van der Waals surface area (Å²) in [5.74, 6) is 0.590. The summed E-state index contributed by atoms with van der Waals surface area (Å²) >= 11 is 0. The van der Waals surface area contributed by atoms with Crippen LogP contribution in [0.4, 0.5) is 5.69 Å². The van der Waals surface area contributed by atoms with Crippen molar-refractivity contribution >= 4 is 17.4 Å². The third kappa shape index (κ3) is 4.22. The highest BCUT2D eigenvalue weighted by atomic mass is 16.5. The van der Waals surface area contributed by atoms with E-state index < -0.39 is 0 Å². The smallest absolute Gasteiger partial charge is 0.227 e. The minimum atomic E-state index is -0.214. The molecule has 0 unspecified atom stereocenters. The number of benzene rings is 2. The van der Waals surface area contributed by atoms with Crippen molar-refractivity contribution in [3.8, 4) is 11.4 Å². The number of rotatable bonds is 6. The van der Waals surface area contributed by atoms with Crippen molar-refractivity contribution in [1.29, 1.82) is 0 Å². The monoisotopic (exact) mass is 349 g/mol. The van der Waals surface area contributed by atoms with Gasteiger partial charge in [0.15, 0.2) is 5.78 Å². The molecule has 2 aromatic carbocycles. The second-order valence-electron chi connectivity index (χ2n) is 6.03. The van der Waals surface area contributed by atoms with E-state index in [9.17, 15) is 9.59 Å². The maximum atomic E-state index is 12.2. The highest BCUT2D eigenvalue weighted by Gasteiger charge is 2.13. The highest BCUT2D eigenvalue weighted by Crippen LogP contribution is 2.18. The van der Waals surface area contributed by atoms with Crippen LogP contribution in [0.5, 0.6) is 0 Å². The van der Waals surface area contributed by atoms with E-state index in [2.05, 4.69) is 15.5 Å². The van der Waals surface area contributed by atoms with Crippen LogP contribution in [0.3, 0.4) is 0 Å². The average molecular weight is 349 g/mol. The average Bonchev–Trinajstić information content (AvgIpc) is 3.10. The summed E-state index contributed by atoms with van der Waals surface area (Å²) in [5, 5.41) is 6.71. The molecule has 1 amide bonds. The normalized spacial score (nSPS) is 10.5. The quantitative estimate of drug-likeness (QED) is 0.684. The molecule has 132 valence electrons. The summed E-state index contributed by atoms with van der Waals surface area (Å²) < 4.78 is 5.22. The lowest BCUT2D eigenvalue weighted by atomic mass is 10.1. The molecule has 26 heavy (non-hydrogen) atoms. The van der Waals surface area contributed by atoms with Crippen molar-refractivity contribution in [3.63, 3.8) is 0 Å². The van der Waals surface area contributed by atoms with Gasteiger partial charge in [-0.15, -0.1) is 0 Å². The van der Waals surface area contributed by atoms with Gasteiger partial charge in [-0.1, -0.05) is 47.1 Å². The van der Waals surface area contributed by atoms with E-state index in [1.54, 1.807) is 24.3 Å². The summed E-state index contributed by atoms with van der Waals surface area (Å²) in [6.07, 6.45) is 0.509. The molecule has 0 saturated heterocycles. The first-order valence-corrected chi connectivity index (χ1v) is 8.32. The Bertz CT molecular complexity index is 929. The number of carbonyl (C=O) groups is 2. The van der Waals surface area contributed by atoms with Gasteiger partial charge in [-0.3, -0.25) is 9.59 Å². The molecule has 0 aliphatic rings. The fourth-order valence-electron chi connectivity index (χ4n) is 2.51. The van der Waals surface area contributed by atoms with Crippen LogP contribution >= 0.6 is 0 Å². The molecule has 0 atom stereocenters. The topological polar surface area (TPSA) is 85.1 Å². The van der Waals surface area contributed by atoms with Crippen molar-refractivity contribution in [2.45, 2.75) is 26.7 Å². The van der Waals surface area contributed by atoms with Gasteiger partial charge in [0, 0.05) is 24.0 Å². The van der Waals surface area contributed by atoms with E-state index in [1.807, 2.05) is 31.2 Å². The number of hydrogen-bond acceptors (Lipinski definition) is 5. The lowest BCUT2D eigenvalue weighted by molar-refractivity contribution is -0.116. The standard InChI is InChI=1S/C20H19N3O3/c1-13-7-9-15(10-8-13)20-22-19(26-23-20)12-11-18(25)21-17-6-4-3-5-16(17)14(2)24/h3-10H,11-12H2,1-2H3,(H,21,25). The number of amides is 1. The van der Waals surface area contributed by atoms with Crippen molar-refractivity contribution in [2.24, 2.45) is 0 Å². The molecule has 0 aliphatic heterocycles. The number of nitrogens with zero attached hydrogens (tertiary/aromatic N) is 2.